The average Bonchev–Trinajstić information content (AvgIpc) is 2.45. The number of nitrogens with zero attached hydrogens (tertiary/aromatic N) is 2. The Balaban J connectivity index is 2.33. The summed E-state index contributed by atoms with van der Waals surface area (Å²) in [5.74, 6) is -0.155. The van der Waals surface area contributed by atoms with Crippen LogP contribution in [0.2, 0.25) is 0 Å². The SMILES string of the molecule is CCCNC(=O)c1cc2cccc(CCC)c2nn1. The number of aromatic nitrogens is 2. The summed E-state index contributed by atoms with van der Waals surface area (Å²) in [5, 5.41) is 12.0. The van der Waals surface area contributed by atoms with Crippen LogP contribution in [-0.2, 0) is 6.42 Å². The van der Waals surface area contributed by atoms with E-state index in [1.54, 1.807) is 0 Å². The molecule has 0 aliphatic carbocycles. The number of fused-ring (bicyclic) bond motifs is 1. The Kier molecular flexibility index (Phi) is 4.44. The third kappa shape index (κ3) is 3.08. The minimum atomic E-state index is -0.155. The Labute approximate surface area is 113 Å². The number of rotatable bonds is 5. The molecule has 1 aromatic heterocycles. The van der Waals surface area contributed by atoms with Crippen molar-refractivity contribution in [2.45, 2.75) is 33.1 Å². The molecule has 1 heterocycles. The van der Waals surface area contributed by atoms with E-state index in [-0.39, 0.29) is 5.91 Å². The number of hydrogen-bond acceptors (Lipinski definition) is 3. The van der Waals surface area contributed by atoms with Crippen molar-refractivity contribution >= 4 is 16.8 Å². The second kappa shape index (κ2) is 6.27. The van der Waals surface area contributed by atoms with Gasteiger partial charge in [0.2, 0.25) is 0 Å². The lowest BCUT2D eigenvalue weighted by molar-refractivity contribution is 0.0948. The molecule has 4 nitrogen and oxygen atoms in total. The molecule has 0 fully saturated rings. The summed E-state index contributed by atoms with van der Waals surface area (Å²) in [7, 11) is 0. The fraction of sp³-hybridized carbons (Fsp3) is 0.400. The normalized spacial score (nSPS) is 10.6. The van der Waals surface area contributed by atoms with Crippen LogP contribution in [0.5, 0.6) is 0 Å². The molecule has 1 aromatic carbocycles. The summed E-state index contributed by atoms with van der Waals surface area (Å²) in [5.41, 5.74) is 2.47. The number of carbonyl (C=O) groups excluding carboxylic acids is 1. The maximum Gasteiger partial charge on any atom is 0.271 e. The first-order valence-electron chi connectivity index (χ1n) is 6.79. The molecular weight excluding hydrogens is 238 g/mol. The van der Waals surface area contributed by atoms with E-state index >= 15 is 0 Å². The van der Waals surface area contributed by atoms with E-state index in [4.69, 9.17) is 0 Å². The van der Waals surface area contributed by atoms with Gasteiger partial charge in [0.15, 0.2) is 5.69 Å². The van der Waals surface area contributed by atoms with Crippen LogP contribution in [0.3, 0.4) is 0 Å². The van der Waals surface area contributed by atoms with Crippen LogP contribution < -0.4 is 5.32 Å². The van der Waals surface area contributed by atoms with Crippen LogP contribution in [0.25, 0.3) is 10.9 Å². The molecule has 2 aromatic rings. The summed E-state index contributed by atoms with van der Waals surface area (Å²) in [6.45, 7) is 4.82. The first-order chi connectivity index (χ1) is 9.26. The lowest BCUT2D eigenvalue weighted by atomic mass is 10.1. The molecule has 0 bridgehead atoms. The predicted molar refractivity (Wildman–Crippen MR) is 76.2 cm³/mol. The molecule has 1 amide bonds. The first-order valence-corrected chi connectivity index (χ1v) is 6.79. The highest BCUT2D eigenvalue weighted by Crippen LogP contribution is 2.17. The highest BCUT2D eigenvalue weighted by atomic mass is 16.1. The molecule has 1 N–H and O–H groups in total. The second-order valence-electron chi connectivity index (χ2n) is 4.59. The third-order valence-electron chi connectivity index (χ3n) is 2.99. The van der Waals surface area contributed by atoms with Gasteiger partial charge < -0.3 is 5.32 Å². The second-order valence-corrected chi connectivity index (χ2v) is 4.59. The van der Waals surface area contributed by atoms with Gasteiger partial charge in [0.1, 0.15) is 0 Å². The van der Waals surface area contributed by atoms with E-state index in [9.17, 15) is 4.79 Å². The molecule has 0 aliphatic heterocycles. The Morgan fingerprint density at radius 1 is 1.21 bits per heavy atom. The summed E-state index contributed by atoms with van der Waals surface area (Å²) in [6.07, 6.45) is 2.96. The van der Waals surface area contributed by atoms with Crippen LogP contribution in [0.4, 0.5) is 0 Å². The quantitative estimate of drug-likeness (QED) is 0.896. The average molecular weight is 257 g/mol. The van der Waals surface area contributed by atoms with Crippen molar-refractivity contribution in [1.82, 2.24) is 15.5 Å². The van der Waals surface area contributed by atoms with Gasteiger partial charge in [-0.25, -0.2) is 0 Å². The van der Waals surface area contributed by atoms with E-state index < -0.39 is 0 Å². The highest BCUT2D eigenvalue weighted by Gasteiger charge is 2.09. The molecule has 0 radical (unpaired) electrons. The van der Waals surface area contributed by atoms with Crippen LogP contribution in [0.15, 0.2) is 24.3 Å². The Hall–Kier alpha value is -1.97. The Morgan fingerprint density at radius 3 is 2.79 bits per heavy atom. The molecule has 19 heavy (non-hydrogen) atoms. The maximum atomic E-state index is 11.8. The Bertz CT molecular complexity index is 581. The van der Waals surface area contributed by atoms with Gasteiger partial charge in [-0.3, -0.25) is 4.79 Å². The minimum Gasteiger partial charge on any atom is -0.351 e. The van der Waals surface area contributed by atoms with Crippen molar-refractivity contribution in [1.29, 1.82) is 0 Å². The number of hydrogen-bond donors (Lipinski definition) is 1. The van der Waals surface area contributed by atoms with Crippen molar-refractivity contribution < 1.29 is 4.79 Å². The van der Waals surface area contributed by atoms with Crippen molar-refractivity contribution in [2.24, 2.45) is 0 Å². The predicted octanol–water partition coefficient (Wildman–Crippen LogP) is 2.72. The van der Waals surface area contributed by atoms with E-state index in [0.29, 0.717) is 12.2 Å². The molecular formula is C15H19N3O. The third-order valence-corrected chi connectivity index (χ3v) is 2.99. The number of nitrogens with one attached hydrogen (secondary N) is 1. The fourth-order valence-electron chi connectivity index (χ4n) is 2.04. The van der Waals surface area contributed by atoms with Crippen molar-refractivity contribution in [3.63, 3.8) is 0 Å². The highest BCUT2D eigenvalue weighted by molar-refractivity contribution is 5.95. The van der Waals surface area contributed by atoms with Gasteiger partial charge in [0.05, 0.1) is 5.52 Å². The van der Waals surface area contributed by atoms with Crippen molar-refractivity contribution in [3.8, 4) is 0 Å². The molecule has 0 aliphatic rings. The van der Waals surface area contributed by atoms with Crippen LogP contribution >= 0.6 is 0 Å². The van der Waals surface area contributed by atoms with Gasteiger partial charge in [-0.15, -0.1) is 10.2 Å². The molecule has 2 rings (SSSR count). The van der Waals surface area contributed by atoms with Gasteiger partial charge in [-0.05, 0) is 24.5 Å². The Morgan fingerprint density at radius 2 is 2.05 bits per heavy atom. The van der Waals surface area contributed by atoms with Gasteiger partial charge in [-0.1, -0.05) is 38.5 Å². The topological polar surface area (TPSA) is 54.9 Å². The summed E-state index contributed by atoms with van der Waals surface area (Å²) in [6, 6.07) is 7.85. The zero-order chi connectivity index (χ0) is 13.7. The van der Waals surface area contributed by atoms with Crippen LogP contribution in [0, 0.1) is 0 Å². The summed E-state index contributed by atoms with van der Waals surface area (Å²) >= 11 is 0. The molecule has 4 heteroatoms. The summed E-state index contributed by atoms with van der Waals surface area (Å²) < 4.78 is 0. The van der Waals surface area contributed by atoms with Crippen molar-refractivity contribution in [3.05, 3.63) is 35.5 Å². The largest absolute Gasteiger partial charge is 0.351 e. The number of amides is 1. The van der Waals surface area contributed by atoms with E-state index in [1.165, 1.54) is 5.56 Å². The number of aryl methyl sites for hydroxylation is 1. The first kappa shape index (κ1) is 13.5. The van der Waals surface area contributed by atoms with Gasteiger partial charge >= 0.3 is 0 Å². The number of benzene rings is 1. The van der Waals surface area contributed by atoms with Gasteiger partial charge in [-0.2, -0.15) is 0 Å². The zero-order valence-corrected chi connectivity index (χ0v) is 11.4. The van der Waals surface area contributed by atoms with Gasteiger partial charge in [0.25, 0.3) is 5.91 Å². The van der Waals surface area contributed by atoms with E-state index in [0.717, 1.165) is 30.2 Å². The maximum absolute atomic E-state index is 11.8. The molecule has 0 saturated heterocycles. The molecule has 0 unspecified atom stereocenters. The number of carbonyl (C=O) groups is 1. The van der Waals surface area contributed by atoms with Crippen LogP contribution in [-0.4, -0.2) is 22.6 Å². The minimum absolute atomic E-state index is 0.155. The standard InChI is InChI=1S/C15H19N3O/c1-3-6-11-7-5-8-12-10-13(17-18-14(11)12)15(19)16-9-4-2/h5,7-8,10H,3-4,6,9H2,1-2H3,(H,16,19). The van der Waals surface area contributed by atoms with Crippen molar-refractivity contribution in [2.75, 3.05) is 6.54 Å². The molecule has 0 spiro atoms. The smallest absolute Gasteiger partial charge is 0.271 e. The fourth-order valence-corrected chi connectivity index (χ4v) is 2.04. The molecule has 0 atom stereocenters. The molecule has 100 valence electrons. The zero-order valence-electron chi connectivity index (χ0n) is 11.4. The lowest BCUT2D eigenvalue weighted by Gasteiger charge is -2.06. The molecule has 0 saturated carbocycles. The summed E-state index contributed by atoms with van der Waals surface area (Å²) in [4.78, 5) is 11.8. The van der Waals surface area contributed by atoms with Gasteiger partial charge in [0, 0.05) is 11.9 Å². The lowest BCUT2D eigenvalue weighted by Crippen LogP contribution is -2.25. The van der Waals surface area contributed by atoms with E-state index in [1.807, 2.05) is 25.1 Å². The van der Waals surface area contributed by atoms with Crippen LogP contribution in [0.1, 0.15) is 42.7 Å². The van der Waals surface area contributed by atoms with E-state index in [2.05, 4.69) is 28.5 Å². The monoisotopic (exact) mass is 257 g/mol.